The molecule has 0 fully saturated rings. The molecule has 0 bridgehead atoms. The Morgan fingerprint density at radius 3 is 2.58 bits per heavy atom. The molecule has 0 amide bonds. The van der Waals surface area contributed by atoms with Crippen LogP contribution >= 0.6 is 22.6 Å². The molecule has 1 aromatic rings. The monoisotopic (exact) mass is 276 g/mol. The van der Waals surface area contributed by atoms with Crippen LogP contribution in [0.1, 0.15) is 19.4 Å². The highest BCUT2D eigenvalue weighted by Gasteiger charge is 2.03. The Morgan fingerprint density at radius 1 is 1.33 bits per heavy atom. The second-order valence-electron chi connectivity index (χ2n) is 3.05. The molecule has 1 rings (SSSR count). The number of hydrogen-bond acceptors (Lipinski definition) is 1. The summed E-state index contributed by atoms with van der Waals surface area (Å²) in [6.07, 6.45) is 0.250. The van der Waals surface area contributed by atoms with Gasteiger partial charge in [0.25, 0.3) is 0 Å². The molecule has 0 radical (unpaired) electrons. The first-order valence-electron chi connectivity index (χ1n) is 4.03. The third-order valence-corrected chi connectivity index (χ3v) is 2.90. The molecule has 66 valence electrons. The van der Waals surface area contributed by atoms with E-state index in [9.17, 15) is 0 Å². The number of halogens is 1. The Labute approximate surface area is 87.3 Å². The predicted molar refractivity (Wildman–Crippen MR) is 59.7 cm³/mol. The third kappa shape index (κ3) is 2.37. The number of aryl methyl sites for hydroxylation is 1. The highest BCUT2D eigenvalue weighted by atomic mass is 127. The third-order valence-electron chi connectivity index (χ3n) is 1.52. The maximum Gasteiger partial charge on any atom is 0.133 e. The topological polar surface area (TPSA) is 9.23 Å². The molecule has 1 nitrogen and oxygen atoms in total. The van der Waals surface area contributed by atoms with E-state index in [4.69, 9.17) is 4.74 Å². The Hall–Kier alpha value is -0.250. The van der Waals surface area contributed by atoms with Gasteiger partial charge in [0.2, 0.25) is 0 Å². The molecule has 0 saturated carbocycles. The van der Waals surface area contributed by atoms with E-state index in [1.54, 1.807) is 0 Å². The first-order valence-corrected chi connectivity index (χ1v) is 5.11. The van der Waals surface area contributed by atoms with E-state index in [1.807, 2.05) is 26.0 Å². The van der Waals surface area contributed by atoms with Crippen LogP contribution in [-0.4, -0.2) is 6.10 Å². The minimum Gasteiger partial charge on any atom is -0.490 e. The second kappa shape index (κ2) is 4.12. The van der Waals surface area contributed by atoms with E-state index in [-0.39, 0.29) is 6.10 Å². The van der Waals surface area contributed by atoms with Crippen molar-refractivity contribution < 1.29 is 4.74 Å². The fourth-order valence-corrected chi connectivity index (χ4v) is 1.45. The van der Waals surface area contributed by atoms with Gasteiger partial charge < -0.3 is 4.74 Å². The van der Waals surface area contributed by atoms with Gasteiger partial charge in [0.1, 0.15) is 5.75 Å². The molecule has 0 aromatic heterocycles. The van der Waals surface area contributed by atoms with E-state index in [2.05, 4.69) is 35.6 Å². The molecule has 0 saturated heterocycles. The lowest BCUT2D eigenvalue weighted by Gasteiger charge is -2.12. The zero-order chi connectivity index (χ0) is 9.14. The van der Waals surface area contributed by atoms with Gasteiger partial charge >= 0.3 is 0 Å². The van der Waals surface area contributed by atoms with Crippen molar-refractivity contribution in [2.75, 3.05) is 0 Å². The minimum absolute atomic E-state index is 0.250. The van der Waals surface area contributed by atoms with Crippen LogP contribution in [0, 0.1) is 10.5 Å². The maximum atomic E-state index is 5.62. The molecule has 0 N–H and O–H groups in total. The molecule has 0 unspecified atom stereocenters. The summed E-state index contributed by atoms with van der Waals surface area (Å²) in [6, 6.07) is 6.12. The van der Waals surface area contributed by atoms with Gasteiger partial charge in [0.05, 0.1) is 9.67 Å². The van der Waals surface area contributed by atoms with Gasteiger partial charge in [-0.15, -0.1) is 0 Å². The quantitative estimate of drug-likeness (QED) is 0.752. The predicted octanol–water partition coefficient (Wildman–Crippen LogP) is 3.39. The van der Waals surface area contributed by atoms with Crippen LogP contribution in [0.3, 0.4) is 0 Å². The van der Waals surface area contributed by atoms with Crippen molar-refractivity contribution in [1.82, 2.24) is 0 Å². The van der Waals surface area contributed by atoms with Crippen molar-refractivity contribution in [3.8, 4) is 5.75 Å². The minimum atomic E-state index is 0.250. The SMILES string of the molecule is Cc1cccc(OC(C)C)c1I. The summed E-state index contributed by atoms with van der Waals surface area (Å²) >= 11 is 2.31. The summed E-state index contributed by atoms with van der Waals surface area (Å²) < 4.78 is 6.83. The van der Waals surface area contributed by atoms with Crippen molar-refractivity contribution in [2.45, 2.75) is 26.9 Å². The summed E-state index contributed by atoms with van der Waals surface area (Å²) in [5.41, 5.74) is 1.27. The number of benzene rings is 1. The van der Waals surface area contributed by atoms with Gasteiger partial charge in [-0.25, -0.2) is 0 Å². The van der Waals surface area contributed by atoms with Crippen LogP contribution in [0.15, 0.2) is 18.2 Å². The Morgan fingerprint density at radius 2 is 2.00 bits per heavy atom. The van der Waals surface area contributed by atoms with Gasteiger partial charge in [-0.2, -0.15) is 0 Å². The summed E-state index contributed by atoms with van der Waals surface area (Å²) in [5, 5.41) is 0. The van der Waals surface area contributed by atoms with Crippen LogP contribution in [0.2, 0.25) is 0 Å². The number of rotatable bonds is 2. The second-order valence-corrected chi connectivity index (χ2v) is 4.13. The lowest BCUT2D eigenvalue weighted by molar-refractivity contribution is 0.240. The molecule has 0 aliphatic carbocycles. The van der Waals surface area contributed by atoms with E-state index >= 15 is 0 Å². The largest absolute Gasteiger partial charge is 0.490 e. The zero-order valence-corrected chi connectivity index (χ0v) is 9.75. The highest BCUT2D eigenvalue weighted by Crippen LogP contribution is 2.24. The number of hydrogen-bond donors (Lipinski definition) is 0. The first kappa shape index (κ1) is 9.84. The van der Waals surface area contributed by atoms with E-state index in [1.165, 1.54) is 9.13 Å². The van der Waals surface area contributed by atoms with Gasteiger partial charge in [-0.05, 0) is 55.0 Å². The van der Waals surface area contributed by atoms with Crippen LogP contribution in [0.25, 0.3) is 0 Å². The molecule has 0 aliphatic heterocycles. The van der Waals surface area contributed by atoms with Crippen molar-refractivity contribution in [3.63, 3.8) is 0 Å². The molecular weight excluding hydrogens is 263 g/mol. The molecule has 0 aliphatic rings. The van der Waals surface area contributed by atoms with E-state index < -0.39 is 0 Å². The Kier molecular flexibility index (Phi) is 3.38. The molecule has 2 heteroatoms. The summed E-state index contributed by atoms with van der Waals surface area (Å²) in [7, 11) is 0. The fraction of sp³-hybridized carbons (Fsp3) is 0.400. The Balaban J connectivity index is 2.92. The molecule has 0 atom stereocenters. The van der Waals surface area contributed by atoms with Crippen molar-refractivity contribution in [3.05, 3.63) is 27.3 Å². The molecular formula is C10H13IO. The van der Waals surface area contributed by atoms with Gasteiger partial charge in [0.15, 0.2) is 0 Å². The van der Waals surface area contributed by atoms with Gasteiger partial charge in [0, 0.05) is 0 Å². The van der Waals surface area contributed by atoms with Gasteiger partial charge in [-0.1, -0.05) is 12.1 Å². The fourth-order valence-electron chi connectivity index (χ4n) is 0.965. The standard InChI is InChI=1S/C10H13IO/c1-7(2)12-9-6-4-5-8(3)10(9)11/h4-7H,1-3H3. The van der Waals surface area contributed by atoms with E-state index in [0.717, 1.165) is 5.75 Å². The zero-order valence-electron chi connectivity index (χ0n) is 7.60. The molecule has 0 heterocycles. The van der Waals surface area contributed by atoms with Crippen molar-refractivity contribution >= 4 is 22.6 Å². The average Bonchev–Trinajstić information content (AvgIpc) is 1.98. The smallest absolute Gasteiger partial charge is 0.133 e. The lowest BCUT2D eigenvalue weighted by atomic mass is 10.2. The first-order chi connectivity index (χ1) is 5.61. The Bertz CT molecular complexity index is 269. The summed E-state index contributed by atoms with van der Waals surface area (Å²) in [5.74, 6) is 0.991. The molecule has 0 spiro atoms. The van der Waals surface area contributed by atoms with Crippen LogP contribution in [-0.2, 0) is 0 Å². The van der Waals surface area contributed by atoms with E-state index in [0.29, 0.717) is 0 Å². The van der Waals surface area contributed by atoms with Crippen molar-refractivity contribution in [1.29, 1.82) is 0 Å². The lowest BCUT2D eigenvalue weighted by Crippen LogP contribution is -2.06. The van der Waals surface area contributed by atoms with Gasteiger partial charge in [-0.3, -0.25) is 0 Å². The van der Waals surface area contributed by atoms with Crippen LogP contribution in [0.4, 0.5) is 0 Å². The van der Waals surface area contributed by atoms with Crippen LogP contribution in [0.5, 0.6) is 5.75 Å². The molecule has 1 aromatic carbocycles. The molecule has 12 heavy (non-hydrogen) atoms. The van der Waals surface area contributed by atoms with Crippen molar-refractivity contribution in [2.24, 2.45) is 0 Å². The highest BCUT2D eigenvalue weighted by molar-refractivity contribution is 14.1. The summed E-state index contributed by atoms with van der Waals surface area (Å²) in [4.78, 5) is 0. The number of ether oxygens (including phenoxy) is 1. The van der Waals surface area contributed by atoms with Crippen LogP contribution < -0.4 is 4.74 Å². The maximum absolute atomic E-state index is 5.62. The summed E-state index contributed by atoms with van der Waals surface area (Å²) in [6.45, 7) is 6.17. The normalized spacial score (nSPS) is 10.4. The average molecular weight is 276 g/mol.